The first-order chi connectivity index (χ1) is 7.00. The Balaban J connectivity index is 2.34. The lowest BCUT2D eigenvalue weighted by Crippen LogP contribution is -1.71. The van der Waals surface area contributed by atoms with Crippen LogP contribution in [0.25, 0.3) is 0 Å². The molecule has 0 N–H and O–H groups in total. The molecule has 1 rings (SSSR count). The Morgan fingerprint density at radius 1 is 0.714 bits per heavy atom. The molecule has 0 atom stereocenters. The van der Waals surface area contributed by atoms with Crippen molar-refractivity contribution in [3.63, 3.8) is 0 Å². The van der Waals surface area contributed by atoms with Gasteiger partial charge in [-0.1, -0.05) is 42.5 Å². The van der Waals surface area contributed by atoms with Crippen LogP contribution in [0.15, 0.2) is 42.5 Å². The molecule has 0 saturated carbocycles. The standard InChI is InChI=1S/C14H19/c1-2-4-6-8-10-12-14-13-11-9-7-5-3-1/h1-2,5-7,12,14H,3-4,9-11,13H2. The van der Waals surface area contributed by atoms with Crippen LogP contribution in [-0.4, -0.2) is 0 Å². The van der Waals surface area contributed by atoms with E-state index >= 15 is 0 Å². The first-order valence-corrected chi connectivity index (χ1v) is 5.50. The van der Waals surface area contributed by atoms with Gasteiger partial charge in [-0.3, -0.25) is 0 Å². The molecular weight excluding hydrogens is 168 g/mol. The summed E-state index contributed by atoms with van der Waals surface area (Å²) in [7, 11) is 0. The molecule has 0 amide bonds. The van der Waals surface area contributed by atoms with Gasteiger partial charge in [-0.15, -0.1) is 0 Å². The van der Waals surface area contributed by atoms with E-state index in [0.717, 1.165) is 19.3 Å². The highest BCUT2D eigenvalue weighted by molar-refractivity contribution is 4.97. The Bertz CT molecular complexity index is 204. The molecule has 1 aliphatic carbocycles. The first kappa shape index (κ1) is 11.0. The molecule has 14 heavy (non-hydrogen) atoms. The van der Waals surface area contributed by atoms with Gasteiger partial charge in [0.1, 0.15) is 0 Å². The molecule has 0 aliphatic heterocycles. The van der Waals surface area contributed by atoms with Crippen LogP contribution in [-0.2, 0) is 0 Å². The van der Waals surface area contributed by atoms with Crippen LogP contribution >= 0.6 is 0 Å². The summed E-state index contributed by atoms with van der Waals surface area (Å²) in [6.45, 7) is 0. The number of rotatable bonds is 0. The second kappa shape index (κ2) is 8.55. The summed E-state index contributed by atoms with van der Waals surface area (Å²) in [5.41, 5.74) is 0. The summed E-state index contributed by atoms with van der Waals surface area (Å²) in [6.07, 6.45) is 25.5. The van der Waals surface area contributed by atoms with Crippen LogP contribution in [0.5, 0.6) is 0 Å². The molecule has 0 unspecified atom stereocenters. The Morgan fingerprint density at radius 2 is 1.43 bits per heavy atom. The lowest BCUT2D eigenvalue weighted by Gasteiger charge is -1.91. The summed E-state index contributed by atoms with van der Waals surface area (Å²) < 4.78 is 0. The fraction of sp³-hybridized carbons (Fsp3) is 0.429. The average Bonchev–Trinajstić information content (AvgIpc) is 2.22. The van der Waals surface area contributed by atoms with Gasteiger partial charge in [-0.2, -0.15) is 0 Å². The molecule has 0 aromatic carbocycles. The van der Waals surface area contributed by atoms with Crippen molar-refractivity contribution in [1.82, 2.24) is 0 Å². The minimum absolute atomic E-state index is 0.962. The zero-order valence-electron chi connectivity index (χ0n) is 8.78. The maximum Gasteiger partial charge on any atom is -0.00978 e. The van der Waals surface area contributed by atoms with E-state index in [4.69, 9.17) is 0 Å². The van der Waals surface area contributed by atoms with Crippen LogP contribution in [0.4, 0.5) is 0 Å². The normalized spacial score (nSPS) is 19.4. The van der Waals surface area contributed by atoms with Gasteiger partial charge in [0.25, 0.3) is 0 Å². The zero-order valence-corrected chi connectivity index (χ0v) is 8.78. The van der Waals surface area contributed by atoms with Crippen molar-refractivity contribution < 1.29 is 0 Å². The van der Waals surface area contributed by atoms with E-state index in [1.54, 1.807) is 0 Å². The molecule has 0 heteroatoms. The van der Waals surface area contributed by atoms with E-state index in [0.29, 0.717) is 0 Å². The van der Waals surface area contributed by atoms with Gasteiger partial charge in [0.05, 0.1) is 0 Å². The van der Waals surface area contributed by atoms with E-state index in [1.807, 2.05) is 0 Å². The van der Waals surface area contributed by atoms with E-state index in [9.17, 15) is 0 Å². The van der Waals surface area contributed by atoms with Gasteiger partial charge in [0.2, 0.25) is 0 Å². The number of hydrogen-bond donors (Lipinski definition) is 0. The lowest BCUT2D eigenvalue weighted by atomic mass is 10.2. The minimum atomic E-state index is 0.962. The Kier molecular flexibility index (Phi) is 6.74. The predicted octanol–water partition coefficient (Wildman–Crippen LogP) is 4.37. The molecule has 0 heterocycles. The first-order valence-electron chi connectivity index (χ1n) is 5.50. The van der Waals surface area contributed by atoms with Crippen molar-refractivity contribution in [2.24, 2.45) is 0 Å². The summed E-state index contributed by atoms with van der Waals surface area (Å²) in [4.78, 5) is 0. The van der Waals surface area contributed by atoms with Crippen molar-refractivity contribution in [2.45, 2.75) is 38.5 Å². The second-order valence-electron chi connectivity index (χ2n) is 3.43. The van der Waals surface area contributed by atoms with Crippen LogP contribution in [0.1, 0.15) is 38.5 Å². The third-order valence-electron chi connectivity index (χ3n) is 2.15. The van der Waals surface area contributed by atoms with Crippen LogP contribution in [0.3, 0.4) is 0 Å². The van der Waals surface area contributed by atoms with Crippen molar-refractivity contribution in [3.8, 4) is 0 Å². The molecule has 0 saturated heterocycles. The Morgan fingerprint density at radius 3 is 2.36 bits per heavy atom. The van der Waals surface area contributed by atoms with Crippen molar-refractivity contribution >= 4 is 0 Å². The van der Waals surface area contributed by atoms with E-state index in [1.165, 1.54) is 19.3 Å². The van der Waals surface area contributed by atoms with E-state index < -0.39 is 0 Å². The fourth-order valence-corrected chi connectivity index (χ4v) is 1.34. The highest BCUT2D eigenvalue weighted by atomic mass is 13.9. The molecule has 0 nitrogen and oxygen atoms in total. The quantitative estimate of drug-likeness (QED) is 0.494. The molecule has 1 aliphatic rings. The molecule has 0 aromatic heterocycles. The van der Waals surface area contributed by atoms with E-state index in [2.05, 4.69) is 48.6 Å². The smallest absolute Gasteiger partial charge is 0.00978 e. The van der Waals surface area contributed by atoms with Gasteiger partial charge in [-0.25, -0.2) is 0 Å². The summed E-state index contributed by atoms with van der Waals surface area (Å²) in [5, 5.41) is 0. The largest absolute Gasteiger partial charge is 0.0882 e. The van der Waals surface area contributed by atoms with Gasteiger partial charge in [-0.05, 0) is 44.6 Å². The third kappa shape index (κ3) is 6.47. The van der Waals surface area contributed by atoms with Crippen molar-refractivity contribution in [1.29, 1.82) is 0 Å². The Labute approximate surface area is 87.7 Å². The third-order valence-corrected chi connectivity index (χ3v) is 2.15. The Hall–Kier alpha value is -1.04. The molecule has 0 bridgehead atoms. The number of hydrogen-bond acceptors (Lipinski definition) is 0. The highest BCUT2D eigenvalue weighted by Crippen LogP contribution is 2.01. The molecule has 0 aromatic rings. The molecule has 0 spiro atoms. The van der Waals surface area contributed by atoms with Crippen molar-refractivity contribution in [3.05, 3.63) is 48.6 Å². The predicted molar refractivity (Wildman–Crippen MR) is 62.9 cm³/mol. The highest BCUT2D eigenvalue weighted by Gasteiger charge is 1.81. The SMILES string of the molecule is [C]1=CCC=CCC=CCCCC=CC1. The molecule has 0 fully saturated rings. The van der Waals surface area contributed by atoms with Crippen LogP contribution in [0.2, 0.25) is 0 Å². The van der Waals surface area contributed by atoms with Crippen LogP contribution in [0, 0.1) is 6.08 Å². The lowest BCUT2D eigenvalue weighted by molar-refractivity contribution is 0.863. The second-order valence-corrected chi connectivity index (χ2v) is 3.43. The molecule has 1 radical (unpaired) electrons. The average molecular weight is 187 g/mol. The monoisotopic (exact) mass is 187 g/mol. The number of allylic oxidation sites excluding steroid dienone is 8. The van der Waals surface area contributed by atoms with Crippen LogP contribution < -0.4 is 0 Å². The van der Waals surface area contributed by atoms with Gasteiger partial charge < -0.3 is 0 Å². The maximum atomic E-state index is 3.26. The summed E-state index contributed by atoms with van der Waals surface area (Å²) >= 11 is 0. The van der Waals surface area contributed by atoms with Gasteiger partial charge >= 0.3 is 0 Å². The fourth-order valence-electron chi connectivity index (χ4n) is 1.34. The van der Waals surface area contributed by atoms with Gasteiger partial charge in [0.15, 0.2) is 0 Å². The molecular formula is C14H19. The van der Waals surface area contributed by atoms with Gasteiger partial charge in [0, 0.05) is 0 Å². The summed E-state index contributed by atoms with van der Waals surface area (Å²) in [5.74, 6) is 0. The molecule has 75 valence electrons. The zero-order chi connectivity index (χ0) is 9.90. The summed E-state index contributed by atoms with van der Waals surface area (Å²) in [6, 6.07) is 0. The van der Waals surface area contributed by atoms with E-state index in [-0.39, 0.29) is 0 Å². The van der Waals surface area contributed by atoms with Crippen molar-refractivity contribution in [2.75, 3.05) is 0 Å². The topological polar surface area (TPSA) is 0 Å². The minimum Gasteiger partial charge on any atom is -0.0882 e. The maximum absolute atomic E-state index is 3.26.